The van der Waals surface area contributed by atoms with Gasteiger partial charge in [0, 0.05) is 17.8 Å². The molecule has 0 saturated heterocycles. The van der Waals surface area contributed by atoms with Crippen molar-refractivity contribution >= 4 is 11.9 Å². The summed E-state index contributed by atoms with van der Waals surface area (Å²) in [6.07, 6.45) is 3.69. The van der Waals surface area contributed by atoms with Gasteiger partial charge in [0.2, 0.25) is 0 Å². The number of benzene rings is 3. The summed E-state index contributed by atoms with van der Waals surface area (Å²) < 4.78 is 11.9. The Morgan fingerprint density at radius 2 is 1.41 bits per heavy atom. The summed E-state index contributed by atoms with van der Waals surface area (Å²) in [6.45, 7) is 1.97. The number of para-hydroxylation sites is 1. The maximum atomic E-state index is 14.1. The van der Waals surface area contributed by atoms with Gasteiger partial charge in [0.15, 0.2) is 0 Å². The molecule has 2 saturated carbocycles. The van der Waals surface area contributed by atoms with E-state index in [1.807, 2.05) is 73.7 Å². The van der Waals surface area contributed by atoms with Crippen molar-refractivity contribution in [1.82, 2.24) is 0 Å². The van der Waals surface area contributed by atoms with Crippen molar-refractivity contribution in [2.24, 2.45) is 11.8 Å². The number of methoxy groups -OCH3 is 1. The molecule has 0 aromatic heterocycles. The Kier molecular flexibility index (Phi) is 7.31. The summed E-state index contributed by atoms with van der Waals surface area (Å²) in [5.41, 5.74) is 3.81. The van der Waals surface area contributed by atoms with Gasteiger partial charge in [-0.15, -0.1) is 0 Å². The number of aliphatic carboxylic acids is 1. The lowest BCUT2D eigenvalue weighted by molar-refractivity contribution is -0.170. The fourth-order valence-corrected chi connectivity index (χ4v) is 6.57. The Hall–Kier alpha value is -3.60. The SMILES string of the molecule is COc1ccccc1[C@H]1[C@H](C(=O)O)[C@H](c2ccccc2C)[C@H]1C(=O)OC1CCCC[C@H]1c1ccccc1. The molecule has 37 heavy (non-hydrogen) atoms. The highest BCUT2D eigenvalue weighted by Crippen LogP contribution is 2.60. The fourth-order valence-electron chi connectivity index (χ4n) is 6.57. The molecule has 1 N–H and O–H groups in total. The molecular formula is C32H34O5. The zero-order chi connectivity index (χ0) is 25.9. The average Bonchev–Trinajstić information content (AvgIpc) is 2.90. The van der Waals surface area contributed by atoms with Crippen LogP contribution >= 0.6 is 0 Å². The zero-order valence-corrected chi connectivity index (χ0v) is 21.4. The van der Waals surface area contributed by atoms with Gasteiger partial charge >= 0.3 is 11.9 Å². The highest BCUT2D eigenvalue weighted by Gasteiger charge is 2.60. The lowest BCUT2D eigenvalue weighted by Gasteiger charge is -2.50. The molecule has 5 rings (SSSR count). The van der Waals surface area contributed by atoms with Crippen LogP contribution in [-0.4, -0.2) is 30.3 Å². The minimum Gasteiger partial charge on any atom is -0.496 e. The summed E-state index contributed by atoms with van der Waals surface area (Å²) in [5.74, 6) is -2.86. The van der Waals surface area contributed by atoms with E-state index >= 15 is 0 Å². The molecule has 5 nitrogen and oxygen atoms in total. The Balaban J connectivity index is 1.52. The topological polar surface area (TPSA) is 72.8 Å². The molecule has 0 bridgehead atoms. The number of aryl methyl sites for hydroxylation is 1. The highest BCUT2D eigenvalue weighted by molar-refractivity contribution is 5.85. The number of carbonyl (C=O) groups is 2. The molecular weight excluding hydrogens is 464 g/mol. The van der Waals surface area contributed by atoms with Crippen molar-refractivity contribution in [1.29, 1.82) is 0 Å². The molecule has 0 spiro atoms. The number of esters is 1. The van der Waals surface area contributed by atoms with Gasteiger partial charge in [0.25, 0.3) is 0 Å². The maximum absolute atomic E-state index is 14.1. The van der Waals surface area contributed by atoms with E-state index in [1.165, 1.54) is 5.56 Å². The quantitative estimate of drug-likeness (QED) is 0.378. The molecule has 192 valence electrons. The number of hydrogen-bond acceptors (Lipinski definition) is 4. The monoisotopic (exact) mass is 498 g/mol. The van der Waals surface area contributed by atoms with Crippen molar-refractivity contribution in [3.63, 3.8) is 0 Å². The Morgan fingerprint density at radius 3 is 2.11 bits per heavy atom. The van der Waals surface area contributed by atoms with Crippen LogP contribution in [0, 0.1) is 18.8 Å². The van der Waals surface area contributed by atoms with Crippen molar-refractivity contribution in [3.05, 3.63) is 101 Å². The van der Waals surface area contributed by atoms with E-state index < -0.39 is 29.6 Å². The van der Waals surface area contributed by atoms with Gasteiger partial charge in [0.05, 0.1) is 18.9 Å². The van der Waals surface area contributed by atoms with Crippen LogP contribution in [0.2, 0.25) is 0 Å². The van der Waals surface area contributed by atoms with Gasteiger partial charge in [-0.25, -0.2) is 0 Å². The van der Waals surface area contributed by atoms with Gasteiger partial charge in [-0.2, -0.15) is 0 Å². The van der Waals surface area contributed by atoms with Gasteiger partial charge in [-0.3, -0.25) is 9.59 Å². The first kappa shape index (κ1) is 25.1. The number of carboxylic acid groups (broad SMARTS) is 1. The molecule has 3 aromatic carbocycles. The first-order valence-corrected chi connectivity index (χ1v) is 13.2. The van der Waals surface area contributed by atoms with Crippen molar-refractivity contribution < 1.29 is 24.2 Å². The van der Waals surface area contributed by atoms with E-state index in [4.69, 9.17) is 9.47 Å². The van der Waals surface area contributed by atoms with E-state index in [0.717, 1.165) is 42.4 Å². The standard InChI is InChI=1S/C32H34O5/c1-20-12-6-7-15-22(20)27-29(31(33)34)28(24-17-9-10-18-25(24)36-2)30(27)32(35)37-26-19-11-8-16-23(26)21-13-4-3-5-14-21/h3-7,9-10,12-15,17-18,23,26-30H,8,11,16,19H2,1-2H3,(H,33,34)/t23-,26?,27-,28-,29+,30+/m0/s1. The number of ether oxygens (including phenoxy) is 2. The lowest BCUT2D eigenvalue weighted by atomic mass is 9.52. The molecule has 0 heterocycles. The molecule has 5 heteroatoms. The molecule has 1 unspecified atom stereocenters. The van der Waals surface area contributed by atoms with E-state index in [9.17, 15) is 14.7 Å². The van der Waals surface area contributed by atoms with Crippen LogP contribution in [0.25, 0.3) is 0 Å². The van der Waals surface area contributed by atoms with E-state index in [-0.39, 0.29) is 18.0 Å². The van der Waals surface area contributed by atoms with Crippen LogP contribution in [-0.2, 0) is 14.3 Å². The molecule has 2 fully saturated rings. The van der Waals surface area contributed by atoms with Gasteiger partial charge in [-0.05, 0) is 54.5 Å². The molecule has 0 amide bonds. The number of hydrogen-bond donors (Lipinski definition) is 1. The Labute approximate surface area is 218 Å². The van der Waals surface area contributed by atoms with E-state index in [2.05, 4.69) is 12.1 Å². The largest absolute Gasteiger partial charge is 0.496 e. The van der Waals surface area contributed by atoms with Crippen LogP contribution in [0.3, 0.4) is 0 Å². The number of carbonyl (C=O) groups excluding carboxylic acids is 1. The maximum Gasteiger partial charge on any atom is 0.310 e. The molecule has 2 aliphatic rings. The second-order valence-corrected chi connectivity index (χ2v) is 10.3. The minimum absolute atomic E-state index is 0.149. The molecule has 0 radical (unpaired) electrons. The summed E-state index contributed by atoms with van der Waals surface area (Å²) in [6, 6.07) is 25.4. The lowest BCUT2D eigenvalue weighted by Crippen LogP contribution is -2.52. The second-order valence-electron chi connectivity index (χ2n) is 10.3. The van der Waals surface area contributed by atoms with Crippen molar-refractivity contribution in [2.45, 2.75) is 56.5 Å². The van der Waals surface area contributed by atoms with Gasteiger partial charge < -0.3 is 14.6 Å². The minimum atomic E-state index is -0.909. The van der Waals surface area contributed by atoms with E-state index in [1.54, 1.807) is 7.11 Å². The second kappa shape index (κ2) is 10.8. The predicted octanol–water partition coefficient (Wildman–Crippen LogP) is 6.47. The third kappa shape index (κ3) is 4.75. The number of rotatable bonds is 7. The summed E-state index contributed by atoms with van der Waals surface area (Å²) in [5, 5.41) is 10.4. The van der Waals surface area contributed by atoms with Crippen LogP contribution in [0.1, 0.15) is 65.7 Å². The zero-order valence-electron chi connectivity index (χ0n) is 21.4. The molecule has 6 atom stereocenters. The van der Waals surface area contributed by atoms with Gasteiger partial charge in [0.1, 0.15) is 11.9 Å². The van der Waals surface area contributed by atoms with Gasteiger partial charge in [-0.1, -0.05) is 79.2 Å². The Bertz CT molecular complexity index is 1250. The highest BCUT2D eigenvalue weighted by atomic mass is 16.5. The third-order valence-corrected chi connectivity index (χ3v) is 8.35. The summed E-state index contributed by atoms with van der Waals surface area (Å²) in [7, 11) is 1.58. The average molecular weight is 499 g/mol. The first-order valence-electron chi connectivity index (χ1n) is 13.2. The third-order valence-electron chi connectivity index (χ3n) is 8.35. The summed E-state index contributed by atoms with van der Waals surface area (Å²) in [4.78, 5) is 26.7. The smallest absolute Gasteiger partial charge is 0.310 e. The van der Waals surface area contributed by atoms with Crippen LogP contribution in [0.15, 0.2) is 78.9 Å². The van der Waals surface area contributed by atoms with Crippen LogP contribution in [0.4, 0.5) is 0 Å². The summed E-state index contributed by atoms with van der Waals surface area (Å²) >= 11 is 0. The van der Waals surface area contributed by atoms with E-state index in [0.29, 0.717) is 5.75 Å². The molecule has 0 aliphatic heterocycles. The van der Waals surface area contributed by atoms with Crippen molar-refractivity contribution in [3.8, 4) is 5.75 Å². The predicted molar refractivity (Wildman–Crippen MR) is 142 cm³/mol. The normalized spacial score (nSPS) is 27.1. The molecule has 3 aromatic rings. The van der Waals surface area contributed by atoms with Crippen molar-refractivity contribution in [2.75, 3.05) is 7.11 Å². The van der Waals surface area contributed by atoms with Crippen LogP contribution < -0.4 is 4.74 Å². The fraction of sp³-hybridized carbons (Fsp3) is 0.375. The number of carboxylic acids is 1. The Morgan fingerprint density at radius 1 is 0.784 bits per heavy atom. The van der Waals surface area contributed by atoms with Crippen LogP contribution in [0.5, 0.6) is 5.75 Å². The molecule has 2 aliphatic carbocycles. The first-order chi connectivity index (χ1) is 18.0.